The number of hydrogen-bond donors (Lipinski definition) is 1. The van der Waals surface area contributed by atoms with Crippen molar-refractivity contribution in [2.24, 2.45) is 0 Å². The molecule has 1 aliphatic rings. The molecule has 0 saturated heterocycles. The van der Waals surface area contributed by atoms with Gasteiger partial charge in [0, 0.05) is 6.20 Å². The van der Waals surface area contributed by atoms with Gasteiger partial charge in [0.2, 0.25) is 0 Å². The molecule has 0 bridgehead atoms. The molecule has 0 aliphatic heterocycles. The minimum Gasteiger partial charge on any atom is -0.490 e. The van der Waals surface area contributed by atoms with E-state index in [4.69, 9.17) is 14.6 Å². The lowest BCUT2D eigenvalue weighted by molar-refractivity contribution is -0.137. The summed E-state index contributed by atoms with van der Waals surface area (Å²) < 4.78 is 11.4. The lowest BCUT2D eigenvalue weighted by Crippen LogP contribution is -2.10. The third-order valence-electron chi connectivity index (χ3n) is 4.31. The fourth-order valence-electron chi connectivity index (χ4n) is 3.13. The van der Waals surface area contributed by atoms with E-state index in [0.29, 0.717) is 13.2 Å². The van der Waals surface area contributed by atoms with Crippen molar-refractivity contribution in [1.29, 1.82) is 0 Å². The Labute approximate surface area is 141 Å². The molecule has 3 rings (SSSR count). The lowest BCUT2D eigenvalue weighted by Gasteiger charge is -2.12. The van der Waals surface area contributed by atoms with Gasteiger partial charge >= 0.3 is 5.97 Å². The number of carboxylic acid groups (broad SMARTS) is 1. The van der Waals surface area contributed by atoms with E-state index < -0.39 is 5.97 Å². The number of rotatable bonds is 7. The number of carbonyl (C=O) groups is 1. The Morgan fingerprint density at radius 1 is 1.29 bits per heavy atom. The molecule has 1 aromatic carbocycles. The Morgan fingerprint density at radius 2 is 2.12 bits per heavy atom. The van der Waals surface area contributed by atoms with Gasteiger partial charge in [-0.05, 0) is 61.1 Å². The highest BCUT2D eigenvalue weighted by Gasteiger charge is 2.24. The number of aryl methyl sites for hydroxylation is 2. The summed E-state index contributed by atoms with van der Waals surface area (Å²) >= 11 is 0. The number of benzene rings is 1. The van der Waals surface area contributed by atoms with Crippen molar-refractivity contribution in [3.63, 3.8) is 0 Å². The van der Waals surface area contributed by atoms with Gasteiger partial charge in [-0.25, -0.2) is 0 Å². The number of aliphatic carboxylic acids is 1. The highest BCUT2D eigenvalue weighted by Crippen LogP contribution is 2.37. The van der Waals surface area contributed by atoms with Gasteiger partial charge in [-0.2, -0.15) is 0 Å². The summed E-state index contributed by atoms with van der Waals surface area (Å²) in [7, 11) is 0. The van der Waals surface area contributed by atoms with E-state index in [0.717, 1.165) is 35.6 Å². The van der Waals surface area contributed by atoms with Crippen LogP contribution in [-0.4, -0.2) is 29.3 Å². The van der Waals surface area contributed by atoms with Crippen LogP contribution >= 0.6 is 0 Å². The normalized spacial score (nSPS) is 15.8. The first kappa shape index (κ1) is 16.3. The third-order valence-corrected chi connectivity index (χ3v) is 4.31. The van der Waals surface area contributed by atoms with Gasteiger partial charge < -0.3 is 14.6 Å². The van der Waals surface area contributed by atoms with Crippen molar-refractivity contribution in [3.8, 4) is 11.5 Å². The van der Waals surface area contributed by atoms with E-state index in [1.54, 1.807) is 6.20 Å². The van der Waals surface area contributed by atoms with Crippen LogP contribution in [0.5, 0.6) is 11.5 Å². The Balaban J connectivity index is 1.52. The monoisotopic (exact) mass is 327 g/mol. The van der Waals surface area contributed by atoms with E-state index in [-0.39, 0.29) is 12.3 Å². The summed E-state index contributed by atoms with van der Waals surface area (Å²) in [4.78, 5) is 15.1. The maximum Gasteiger partial charge on any atom is 0.303 e. The van der Waals surface area contributed by atoms with Gasteiger partial charge in [0.05, 0.1) is 12.1 Å². The highest BCUT2D eigenvalue weighted by atomic mass is 16.5. The molecule has 126 valence electrons. The second kappa shape index (κ2) is 7.34. The molecule has 24 heavy (non-hydrogen) atoms. The SMILES string of the molecule is Cc1ncccc1OCCOc1ccc2c(c1)CC[C@H]2CC(=O)O. The number of pyridine rings is 1. The van der Waals surface area contributed by atoms with Gasteiger partial charge in [-0.1, -0.05) is 6.07 Å². The van der Waals surface area contributed by atoms with Crippen LogP contribution in [0, 0.1) is 6.92 Å². The first-order valence-electron chi connectivity index (χ1n) is 8.15. The van der Waals surface area contributed by atoms with Gasteiger partial charge in [-0.3, -0.25) is 9.78 Å². The minimum absolute atomic E-state index is 0.128. The molecule has 1 heterocycles. The molecular weight excluding hydrogens is 306 g/mol. The van der Waals surface area contributed by atoms with E-state index >= 15 is 0 Å². The van der Waals surface area contributed by atoms with E-state index in [1.807, 2.05) is 37.3 Å². The maximum atomic E-state index is 10.9. The van der Waals surface area contributed by atoms with Gasteiger partial charge in [0.15, 0.2) is 0 Å². The molecule has 0 spiro atoms. The number of carboxylic acids is 1. The summed E-state index contributed by atoms with van der Waals surface area (Å²) in [6, 6.07) is 9.66. The molecule has 0 amide bonds. The predicted octanol–water partition coefficient (Wildman–Crippen LogP) is 3.35. The van der Waals surface area contributed by atoms with E-state index in [2.05, 4.69) is 4.98 Å². The molecule has 2 aromatic rings. The van der Waals surface area contributed by atoms with Crippen LogP contribution < -0.4 is 9.47 Å². The van der Waals surface area contributed by atoms with Crippen LogP contribution in [0.2, 0.25) is 0 Å². The summed E-state index contributed by atoms with van der Waals surface area (Å²) in [5, 5.41) is 8.97. The van der Waals surface area contributed by atoms with Crippen LogP contribution in [0.4, 0.5) is 0 Å². The smallest absolute Gasteiger partial charge is 0.303 e. The summed E-state index contributed by atoms with van der Waals surface area (Å²) in [6.07, 6.45) is 3.75. The summed E-state index contributed by atoms with van der Waals surface area (Å²) in [5.74, 6) is 0.960. The minimum atomic E-state index is -0.740. The molecular formula is C19H21NO4. The lowest BCUT2D eigenvalue weighted by atomic mass is 9.98. The first-order chi connectivity index (χ1) is 11.6. The van der Waals surface area contributed by atoms with E-state index in [9.17, 15) is 4.79 Å². The van der Waals surface area contributed by atoms with Crippen molar-refractivity contribution in [2.45, 2.75) is 32.1 Å². The molecule has 1 atom stereocenters. The van der Waals surface area contributed by atoms with Crippen LogP contribution in [-0.2, 0) is 11.2 Å². The van der Waals surface area contributed by atoms with Gasteiger partial charge in [0.25, 0.3) is 0 Å². The molecule has 1 aromatic heterocycles. The molecule has 0 fully saturated rings. The fraction of sp³-hybridized carbons (Fsp3) is 0.368. The second-order valence-corrected chi connectivity index (χ2v) is 5.98. The fourth-order valence-corrected chi connectivity index (χ4v) is 3.13. The van der Waals surface area contributed by atoms with Crippen molar-refractivity contribution >= 4 is 5.97 Å². The molecule has 5 heteroatoms. The molecule has 0 radical (unpaired) electrons. The number of fused-ring (bicyclic) bond motifs is 1. The molecule has 5 nitrogen and oxygen atoms in total. The number of ether oxygens (including phenoxy) is 2. The zero-order valence-corrected chi connectivity index (χ0v) is 13.7. The molecule has 0 saturated carbocycles. The van der Waals surface area contributed by atoms with Crippen LogP contribution in [0.3, 0.4) is 0 Å². The second-order valence-electron chi connectivity index (χ2n) is 5.98. The zero-order valence-electron chi connectivity index (χ0n) is 13.7. The van der Waals surface area contributed by atoms with Crippen LogP contribution in [0.25, 0.3) is 0 Å². The van der Waals surface area contributed by atoms with Crippen molar-refractivity contribution < 1.29 is 19.4 Å². The molecule has 0 unspecified atom stereocenters. The number of hydrogen-bond acceptors (Lipinski definition) is 4. The topological polar surface area (TPSA) is 68.7 Å². The Kier molecular flexibility index (Phi) is 4.99. The zero-order chi connectivity index (χ0) is 16.9. The van der Waals surface area contributed by atoms with Crippen molar-refractivity contribution in [2.75, 3.05) is 13.2 Å². The van der Waals surface area contributed by atoms with E-state index in [1.165, 1.54) is 5.56 Å². The van der Waals surface area contributed by atoms with Gasteiger partial charge in [0.1, 0.15) is 24.7 Å². The molecule has 1 N–H and O–H groups in total. The largest absolute Gasteiger partial charge is 0.490 e. The summed E-state index contributed by atoms with van der Waals surface area (Å²) in [5.41, 5.74) is 3.20. The maximum absolute atomic E-state index is 10.9. The van der Waals surface area contributed by atoms with Crippen molar-refractivity contribution in [1.82, 2.24) is 4.98 Å². The Bertz CT molecular complexity index is 729. The third kappa shape index (κ3) is 3.85. The average Bonchev–Trinajstić information content (AvgIpc) is 2.95. The standard InChI is InChI=1S/C19H21NO4/c1-13-18(3-2-8-20-13)24-10-9-23-16-6-7-17-14(11-16)4-5-15(17)12-19(21)22/h2-3,6-8,11,15H,4-5,9-10,12H2,1H3,(H,21,22)/t15-/m0/s1. The average molecular weight is 327 g/mol. The Hall–Kier alpha value is -2.56. The van der Waals surface area contributed by atoms with Crippen LogP contribution in [0.15, 0.2) is 36.5 Å². The number of aromatic nitrogens is 1. The molecule has 1 aliphatic carbocycles. The van der Waals surface area contributed by atoms with Crippen molar-refractivity contribution in [3.05, 3.63) is 53.3 Å². The predicted molar refractivity (Wildman–Crippen MR) is 89.7 cm³/mol. The van der Waals surface area contributed by atoms with Gasteiger partial charge in [-0.15, -0.1) is 0 Å². The van der Waals surface area contributed by atoms with Crippen LogP contribution in [0.1, 0.15) is 35.6 Å². The number of nitrogens with zero attached hydrogens (tertiary/aromatic N) is 1. The first-order valence-corrected chi connectivity index (χ1v) is 8.15. The Morgan fingerprint density at radius 3 is 2.92 bits per heavy atom. The quantitative estimate of drug-likeness (QED) is 0.790. The summed E-state index contributed by atoms with van der Waals surface area (Å²) in [6.45, 7) is 2.81. The highest BCUT2D eigenvalue weighted by molar-refractivity contribution is 5.68.